The van der Waals surface area contributed by atoms with Crippen LogP contribution >= 0.6 is 0 Å². The first-order valence-corrected chi connectivity index (χ1v) is 6.27. The molecule has 0 aliphatic rings. The fourth-order valence-corrected chi connectivity index (χ4v) is 1.57. The average molecular weight is 402 g/mol. The Labute approximate surface area is 132 Å². The van der Waals surface area contributed by atoms with Crippen LogP contribution in [0.3, 0.4) is 0 Å². The molecule has 13 heteroatoms. The van der Waals surface area contributed by atoms with Gasteiger partial charge in [0, 0.05) is 6.42 Å². The van der Waals surface area contributed by atoms with E-state index in [0.717, 1.165) is 0 Å². The van der Waals surface area contributed by atoms with Crippen molar-refractivity contribution in [1.29, 1.82) is 0 Å². The van der Waals surface area contributed by atoms with Crippen molar-refractivity contribution in [3.05, 3.63) is 12.2 Å². The van der Waals surface area contributed by atoms with Crippen LogP contribution in [-0.2, 0) is 0 Å². The molecule has 150 valence electrons. The van der Waals surface area contributed by atoms with Gasteiger partial charge in [-0.1, -0.05) is 5.57 Å². The van der Waals surface area contributed by atoms with Gasteiger partial charge in [-0.15, -0.1) is 6.58 Å². The number of allylic oxidation sites excluding steroid dienone is 1. The summed E-state index contributed by atoms with van der Waals surface area (Å²) in [4.78, 5) is 0. The van der Waals surface area contributed by atoms with Crippen molar-refractivity contribution in [2.75, 3.05) is 0 Å². The van der Waals surface area contributed by atoms with E-state index in [4.69, 9.17) is 0 Å². The van der Waals surface area contributed by atoms with Gasteiger partial charge in [-0.2, -0.15) is 57.1 Å². The molecule has 0 radical (unpaired) electrons. The van der Waals surface area contributed by atoms with Crippen molar-refractivity contribution in [2.24, 2.45) is 0 Å². The normalized spacial score (nSPS) is 15.4. The first-order chi connectivity index (χ1) is 10.7. The van der Waals surface area contributed by atoms with Gasteiger partial charge < -0.3 is 0 Å². The number of hydrogen-bond acceptors (Lipinski definition) is 0. The van der Waals surface area contributed by atoms with Crippen LogP contribution in [0, 0.1) is 0 Å². The van der Waals surface area contributed by atoms with Crippen LogP contribution in [0.4, 0.5) is 57.1 Å². The molecule has 0 heterocycles. The standard InChI is InChI=1S/C12H11F13/c1-6(2)4-3-5-7(13,14)8(15,16)9(17,18)10(19,20)11(21,22)12(23,24)25/h1,3-5H2,2H3. The quantitative estimate of drug-likeness (QED) is 0.322. The van der Waals surface area contributed by atoms with Crippen LogP contribution in [-0.4, -0.2) is 35.8 Å². The Bertz CT molecular complexity index is 486. The minimum atomic E-state index is -7.83. The molecular formula is C12H11F13. The lowest BCUT2D eigenvalue weighted by molar-refractivity contribution is -0.440. The van der Waals surface area contributed by atoms with Crippen LogP contribution < -0.4 is 0 Å². The van der Waals surface area contributed by atoms with E-state index in [-0.39, 0.29) is 5.57 Å². The summed E-state index contributed by atoms with van der Waals surface area (Å²) in [5.74, 6) is -36.4. The Morgan fingerprint density at radius 1 is 0.640 bits per heavy atom. The molecule has 0 bridgehead atoms. The molecule has 0 N–H and O–H groups in total. The molecule has 0 aromatic heterocycles. The van der Waals surface area contributed by atoms with E-state index in [2.05, 4.69) is 6.58 Å². The fraction of sp³-hybridized carbons (Fsp3) is 0.833. The smallest absolute Gasteiger partial charge is 0.200 e. The molecule has 0 amide bonds. The maximum Gasteiger partial charge on any atom is 0.460 e. The number of hydrogen-bond donors (Lipinski definition) is 0. The van der Waals surface area contributed by atoms with Gasteiger partial charge in [0.25, 0.3) is 0 Å². The number of halogens is 13. The topological polar surface area (TPSA) is 0 Å². The minimum Gasteiger partial charge on any atom is -0.200 e. The highest BCUT2D eigenvalue weighted by molar-refractivity contribution is 5.10. The second kappa shape index (κ2) is 6.53. The molecule has 0 saturated heterocycles. The van der Waals surface area contributed by atoms with E-state index >= 15 is 0 Å². The molecule has 0 rings (SSSR count). The van der Waals surface area contributed by atoms with Crippen molar-refractivity contribution in [2.45, 2.75) is 62.0 Å². The summed E-state index contributed by atoms with van der Waals surface area (Å²) in [7, 11) is 0. The zero-order chi connectivity index (χ0) is 20.7. The first kappa shape index (κ1) is 23.8. The van der Waals surface area contributed by atoms with Crippen molar-refractivity contribution < 1.29 is 57.1 Å². The molecule has 0 unspecified atom stereocenters. The van der Waals surface area contributed by atoms with Gasteiger partial charge in [0.15, 0.2) is 0 Å². The monoisotopic (exact) mass is 402 g/mol. The van der Waals surface area contributed by atoms with Crippen LogP contribution in [0.25, 0.3) is 0 Å². The summed E-state index contributed by atoms with van der Waals surface area (Å²) in [6.07, 6.45) is -11.0. The molecule has 0 aliphatic heterocycles. The fourth-order valence-electron chi connectivity index (χ4n) is 1.57. The summed E-state index contributed by atoms with van der Waals surface area (Å²) in [5, 5.41) is 0. The zero-order valence-corrected chi connectivity index (χ0v) is 12.2. The molecule has 25 heavy (non-hydrogen) atoms. The van der Waals surface area contributed by atoms with Gasteiger partial charge in [0.05, 0.1) is 0 Å². The summed E-state index contributed by atoms with van der Waals surface area (Å²) in [6.45, 7) is 4.38. The molecular weight excluding hydrogens is 391 g/mol. The lowest BCUT2D eigenvalue weighted by atomic mass is 9.91. The highest BCUT2D eigenvalue weighted by atomic mass is 19.4. The van der Waals surface area contributed by atoms with E-state index in [0.29, 0.717) is 0 Å². The van der Waals surface area contributed by atoms with Crippen LogP contribution in [0.1, 0.15) is 26.2 Å². The molecule has 0 atom stereocenters. The van der Waals surface area contributed by atoms with Gasteiger partial charge in [-0.3, -0.25) is 0 Å². The van der Waals surface area contributed by atoms with Crippen molar-refractivity contribution in [1.82, 2.24) is 0 Å². The minimum absolute atomic E-state index is 0.125. The molecule has 0 aliphatic carbocycles. The van der Waals surface area contributed by atoms with Gasteiger partial charge in [0.2, 0.25) is 0 Å². The Morgan fingerprint density at radius 3 is 1.32 bits per heavy atom. The third-order valence-electron chi connectivity index (χ3n) is 3.09. The van der Waals surface area contributed by atoms with E-state index in [1.165, 1.54) is 6.92 Å². The predicted molar refractivity (Wildman–Crippen MR) is 59.5 cm³/mol. The summed E-state index contributed by atoms with van der Waals surface area (Å²) >= 11 is 0. The second-order valence-corrected chi connectivity index (χ2v) is 5.31. The predicted octanol–water partition coefficient (Wildman–Crippen LogP) is 6.47. The van der Waals surface area contributed by atoms with Crippen LogP contribution in [0.2, 0.25) is 0 Å². The molecule has 0 aromatic carbocycles. The van der Waals surface area contributed by atoms with Crippen molar-refractivity contribution >= 4 is 0 Å². The molecule has 0 saturated carbocycles. The lowest BCUT2D eigenvalue weighted by Crippen LogP contribution is -2.70. The van der Waals surface area contributed by atoms with Gasteiger partial charge >= 0.3 is 35.8 Å². The Balaban J connectivity index is 5.90. The van der Waals surface area contributed by atoms with Crippen molar-refractivity contribution in [3.8, 4) is 0 Å². The molecule has 0 aromatic rings. The van der Waals surface area contributed by atoms with Crippen molar-refractivity contribution in [3.63, 3.8) is 0 Å². The third kappa shape index (κ3) is 3.83. The van der Waals surface area contributed by atoms with Crippen LogP contribution in [0.5, 0.6) is 0 Å². The molecule has 0 fully saturated rings. The average Bonchev–Trinajstić information content (AvgIpc) is 2.35. The number of alkyl halides is 13. The van der Waals surface area contributed by atoms with E-state index < -0.39 is 55.1 Å². The maximum absolute atomic E-state index is 13.2. The highest BCUT2D eigenvalue weighted by Crippen LogP contribution is 2.60. The van der Waals surface area contributed by atoms with E-state index in [1.807, 2.05) is 0 Å². The Kier molecular flexibility index (Phi) is 6.22. The van der Waals surface area contributed by atoms with E-state index in [9.17, 15) is 57.1 Å². The largest absolute Gasteiger partial charge is 0.460 e. The summed E-state index contributed by atoms with van der Waals surface area (Å²) in [6, 6.07) is 0. The SMILES string of the molecule is C=C(C)CCCC(F)(F)C(F)(F)C(F)(F)C(F)(F)C(F)(F)C(F)(F)F. The second-order valence-electron chi connectivity index (χ2n) is 5.31. The van der Waals surface area contributed by atoms with Gasteiger partial charge in [-0.05, 0) is 19.8 Å². The third-order valence-corrected chi connectivity index (χ3v) is 3.09. The summed E-state index contributed by atoms with van der Waals surface area (Å²) < 4.78 is 166. The Hall–Kier alpha value is -1.17. The lowest BCUT2D eigenvalue weighted by Gasteiger charge is -2.39. The van der Waals surface area contributed by atoms with Gasteiger partial charge in [0.1, 0.15) is 0 Å². The van der Waals surface area contributed by atoms with Gasteiger partial charge in [-0.25, -0.2) is 0 Å². The zero-order valence-electron chi connectivity index (χ0n) is 12.2. The molecule has 0 spiro atoms. The molecule has 0 nitrogen and oxygen atoms in total. The first-order valence-electron chi connectivity index (χ1n) is 6.27. The maximum atomic E-state index is 13.2. The Morgan fingerprint density at radius 2 is 1.00 bits per heavy atom. The summed E-state index contributed by atoms with van der Waals surface area (Å²) in [5.41, 5.74) is 0.125. The van der Waals surface area contributed by atoms with E-state index in [1.54, 1.807) is 0 Å². The van der Waals surface area contributed by atoms with Crippen LogP contribution in [0.15, 0.2) is 12.2 Å². The highest BCUT2D eigenvalue weighted by Gasteiger charge is 2.90. The number of rotatable bonds is 8.